The summed E-state index contributed by atoms with van der Waals surface area (Å²) < 4.78 is 5.92. The van der Waals surface area contributed by atoms with Gasteiger partial charge in [-0.2, -0.15) is 0 Å². The topological polar surface area (TPSA) is 26.3 Å². The second-order valence-electron chi connectivity index (χ2n) is 4.52. The predicted octanol–water partition coefficient (Wildman–Crippen LogP) is 2.48. The standard InChI is InChI=1S/C11H18O2/c1-10(2)6-4-7-11(3,13-10)8-5-9-12/h5,8-9H,4,6-7H2,1-3H3/b8-5+. The number of aldehydes is 1. The average Bonchev–Trinajstić information content (AvgIpc) is 1.98. The van der Waals surface area contributed by atoms with Crippen LogP contribution in [0.2, 0.25) is 0 Å². The molecule has 0 aromatic carbocycles. The molecule has 0 spiro atoms. The maximum Gasteiger partial charge on any atom is 0.142 e. The fourth-order valence-electron chi connectivity index (χ4n) is 1.96. The Kier molecular flexibility index (Phi) is 2.91. The van der Waals surface area contributed by atoms with Crippen molar-refractivity contribution in [2.75, 3.05) is 0 Å². The zero-order valence-corrected chi connectivity index (χ0v) is 8.67. The molecule has 74 valence electrons. The van der Waals surface area contributed by atoms with Crippen molar-refractivity contribution in [3.63, 3.8) is 0 Å². The van der Waals surface area contributed by atoms with Gasteiger partial charge in [-0.1, -0.05) is 0 Å². The Morgan fingerprint density at radius 1 is 1.23 bits per heavy atom. The molecule has 0 bridgehead atoms. The normalized spacial score (nSPS) is 33.5. The highest BCUT2D eigenvalue weighted by Gasteiger charge is 2.35. The first-order valence-electron chi connectivity index (χ1n) is 4.81. The van der Waals surface area contributed by atoms with Crippen molar-refractivity contribution in [1.82, 2.24) is 0 Å². The van der Waals surface area contributed by atoms with Crippen molar-refractivity contribution >= 4 is 6.29 Å². The Balaban J connectivity index is 2.68. The summed E-state index contributed by atoms with van der Waals surface area (Å²) in [6.45, 7) is 6.23. The smallest absolute Gasteiger partial charge is 0.142 e. The second-order valence-corrected chi connectivity index (χ2v) is 4.52. The highest BCUT2D eigenvalue weighted by atomic mass is 16.5. The molecule has 0 saturated carbocycles. The highest BCUT2D eigenvalue weighted by molar-refractivity contribution is 5.65. The molecule has 1 rings (SSSR count). The third-order valence-electron chi connectivity index (χ3n) is 2.49. The summed E-state index contributed by atoms with van der Waals surface area (Å²) in [6.07, 6.45) is 7.45. The van der Waals surface area contributed by atoms with Gasteiger partial charge in [-0.15, -0.1) is 0 Å². The number of carbonyl (C=O) groups is 1. The number of carbonyl (C=O) groups excluding carboxylic acids is 1. The summed E-state index contributed by atoms with van der Waals surface area (Å²) in [7, 11) is 0. The van der Waals surface area contributed by atoms with Crippen LogP contribution in [0.15, 0.2) is 12.2 Å². The van der Waals surface area contributed by atoms with Gasteiger partial charge in [-0.25, -0.2) is 0 Å². The molecule has 13 heavy (non-hydrogen) atoms. The maximum absolute atomic E-state index is 10.2. The van der Waals surface area contributed by atoms with E-state index in [1.807, 2.05) is 13.0 Å². The molecule has 0 aliphatic carbocycles. The zero-order chi connectivity index (χ0) is 9.95. The van der Waals surface area contributed by atoms with Crippen molar-refractivity contribution in [1.29, 1.82) is 0 Å². The van der Waals surface area contributed by atoms with E-state index in [0.29, 0.717) is 0 Å². The Hall–Kier alpha value is -0.630. The van der Waals surface area contributed by atoms with Crippen LogP contribution >= 0.6 is 0 Å². The van der Waals surface area contributed by atoms with Gasteiger partial charge in [-0.3, -0.25) is 4.79 Å². The first-order valence-corrected chi connectivity index (χ1v) is 4.81. The van der Waals surface area contributed by atoms with Crippen LogP contribution in [0.25, 0.3) is 0 Å². The minimum Gasteiger partial charge on any atom is -0.365 e. The van der Waals surface area contributed by atoms with Crippen molar-refractivity contribution in [2.24, 2.45) is 0 Å². The Morgan fingerprint density at radius 3 is 2.46 bits per heavy atom. The summed E-state index contributed by atoms with van der Waals surface area (Å²) >= 11 is 0. The van der Waals surface area contributed by atoms with E-state index < -0.39 is 0 Å². The number of ether oxygens (including phenoxy) is 1. The van der Waals surface area contributed by atoms with Gasteiger partial charge in [0.15, 0.2) is 0 Å². The molecule has 2 nitrogen and oxygen atoms in total. The molecule has 0 amide bonds. The lowest BCUT2D eigenvalue weighted by atomic mass is 9.88. The third-order valence-corrected chi connectivity index (χ3v) is 2.49. The number of hydrogen-bond donors (Lipinski definition) is 0. The molecule has 0 aromatic rings. The fraction of sp³-hybridized carbons (Fsp3) is 0.727. The first kappa shape index (κ1) is 10.5. The molecule has 1 saturated heterocycles. The van der Waals surface area contributed by atoms with E-state index in [9.17, 15) is 4.79 Å². The molecule has 1 aliphatic rings. The molecule has 0 aromatic heterocycles. The number of allylic oxidation sites excluding steroid dienone is 1. The van der Waals surface area contributed by atoms with Gasteiger partial charge in [0.2, 0.25) is 0 Å². The second kappa shape index (κ2) is 3.62. The van der Waals surface area contributed by atoms with Crippen molar-refractivity contribution in [2.45, 2.75) is 51.2 Å². The monoisotopic (exact) mass is 182 g/mol. The maximum atomic E-state index is 10.2. The minimum absolute atomic E-state index is 0.0553. The predicted molar refractivity (Wildman–Crippen MR) is 52.6 cm³/mol. The van der Waals surface area contributed by atoms with E-state index in [-0.39, 0.29) is 11.2 Å². The largest absolute Gasteiger partial charge is 0.365 e. The molecule has 0 N–H and O–H groups in total. The first-order chi connectivity index (χ1) is 5.97. The molecule has 1 aliphatic heterocycles. The molecule has 1 unspecified atom stereocenters. The number of hydrogen-bond acceptors (Lipinski definition) is 2. The lowest BCUT2D eigenvalue weighted by Crippen LogP contribution is -2.42. The minimum atomic E-state index is -0.247. The lowest BCUT2D eigenvalue weighted by molar-refractivity contribution is -0.140. The summed E-state index contributed by atoms with van der Waals surface area (Å²) in [5.74, 6) is 0. The molecule has 2 heteroatoms. The quantitative estimate of drug-likeness (QED) is 0.484. The van der Waals surface area contributed by atoms with E-state index in [2.05, 4.69) is 13.8 Å². The SMILES string of the molecule is CC1(C)CCCC(C)(/C=C/C=O)O1. The number of rotatable bonds is 2. The van der Waals surface area contributed by atoms with Gasteiger partial charge in [0.1, 0.15) is 6.29 Å². The van der Waals surface area contributed by atoms with Crippen molar-refractivity contribution < 1.29 is 9.53 Å². The van der Waals surface area contributed by atoms with Crippen LogP contribution in [0.5, 0.6) is 0 Å². The van der Waals surface area contributed by atoms with Gasteiger partial charge in [-0.05, 0) is 52.2 Å². The van der Waals surface area contributed by atoms with Gasteiger partial charge in [0.25, 0.3) is 0 Å². The molecule has 1 heterocycles. The molecular formula is C11H18O2. The Bertz CT molecular complexity index is 218. The fourth-order valence-corrected chi connectivity index (χ4v) is 1.96. The van der Waals surface area contributed by atoms with Crippen molar-refractivity contribution in [3.8, 4) is 0 Å². The van der Waals surface area contributed by atoms with E-state index in [1.54, 1.807) is 0 Å². The van der Waals surface area contributed by atoms with Crippen LogP contribution in [-0.2, 0) is 9.53 Å². The van der Waals surface area contributed by atoms with Crippen molar-refractivity contribution in [3.05, 3.63) is 12.2 Å². The summed E-state index contributed by atoms with van der Waals surface area (Å²) in [5, 5.41) is 0. The van der Waals surface area contributed by atoms with Crippen LogP contribution in [0.3, 0.4) is 0 Å². The van der Waals surface area contributed by atoms with Gasteiger partial charge in [0.05, 0.1) is 11.2 Å². The van der Waals surface area contributed by atoms with Gasteiger partial charge in [0, 0.05) is 0 Å². The molecular weight excluding hydrogens is 164 g/mol. The molecule has 0 radical (unpaired) electrons. The van der Waals surface area contributed by atoms with Crippen LogP contribution in [0.4, 0.5) is 0 Å². The van der Waals surface area contributed by atoms with E-state index >= 15 is 0 Å². The third kappa shape index (κ3) is 2.96. The van der Waals surface area contributed by atoms with E-state index in [4.69, 9.17) is 4.74 Å². The summed E-state index contributed by atoms with van der Waals surface area (Å²) in [5.41, 5.74) is -0.303. The van der Waals surface area contributed by atoms with Crippen LogP contribution in [0, 0.1) is 0 Å². The van der Waals surface area contributed by atoms with Crippen LogP contribution < -0.4 is 0 Å². The summed E-state index contributed by atoms with van der Waals surface area (Å²) in [6, 6.07) is 0. The Labute approximate surface area is 80.0 Å². The van der Waals surface area contributed by atoms with E-state index in [0.717, 1.165) is 25.5 Å². The molecule has 1 atom stereocenters. The van der Waals surface area contributed by atoms with E-state index in [1.165, 1.54) is 6.08 Å². The highest BCUT2D eigenvalue weighted by Crippen LogP contribution is 2.35. The van der Waals surface area contributed by atoms with Gasteiger partial charge >= 0.3 is 0 Å². The zero-order valence-electron chi connectivity index (χ0n) is 8.67. The van der Waals surface area contributed by atoms with Crippen LogP contribution in [-0.4, -0.2) is 17.5 Å². The average molecular weight is 182 g/mol. The summed E-state index contributed by atoms with van der Waals surface area (Å²) in [4.78, 5) is 10.2. The lowest BCUT2D eigenvalue weighted by Gasteiger charge is -2.41. The Morgan fingerprint density at radius 2 is 1.92 bits per heavy atom. The molecule has 1 fully saturated rings. The van der Waals surface area contributed by atoms with Crippen LogP contribution in [0.1, 0.15) is 40.0 Å². The van der Waals surface area contributed by atoms with Gasteiger partial charge < -0.3 is 4.74 Å².